The number of benzene rings is 2. The zero-order valence-electron chi connectivity index (χ0n) is 17.8. The lowest BCUT2D eigenvalue weighted by atomic mass is 10.1. The number of amides is 2. The van der Waals surface area contributed by atoms with Crippen LogP contribution in [0.25, 0.3) is 11.3 Å². The van der Waals surface area contributed by atoms with E-state index in [0.29, 0.717) is 30.1 Å². The minimum atomic E-state index is -0.549. The lowest BCUT2D eigenvalue weighted by molar-refractivity contribution is -0.126. The van der Waals surface area contributed by atoms with Crippen LogP contribution in [0.2, 0.25) is 0 Å². The number of carbonyl (C=O) groups excluding carboxylic acids is 2. The topological polar surface area (TPSA) is 90.5 Å². The second-order valence-electron chi connectivity index (χ2n) is 7.59. The molecule has 32 heavy (non-hydrogen) atoms. The van der Waals surface area contributed by atoms with Crippen molar-refractivity contribution in [1.29, 1.82) is 0 Å². The van der Waals surface area contributed by atoms with E-state index in [2.05, 4.69) is 16.9 Å². The van der Waals surface area contributed by atoms with Gasteiger partial charge in [-0.1, -0.05) is 24.1 Å². The molecule has 2 N–H and O–H groups in total. The summed E-state index contributed by atoms with van der Waals surface area (Å²) in [7, 11) is 0. The Morgan fingerprint density at radius 1 is 1.12 bits per heavy atom. The number of nitrogens with two attached hydrogens (primary N) is 1. The lowest BCUT2D eigenvalue weighted by Gasteiger charge is -2.22. The summed E-state index contributed by atoms with van der Waals surface area (Å²) in [6.45, 7) is 2.81. The van der Waals surface area contributed by atoms with E-state index < -0.39 is 5.91 Å². The Labute approximate surface area is 186 Å². The van der Waals surface area contributed by atoms with E-state index >= 15 is 0 Å². The number of rotatable bonds is 6. The van der Waals surface area contributed by atoms with Gasteiger partial charge < -0.3 is 15.4 Å². The van der Waals surface area contributed by atoms with Gasteiger partial charge in [-0.05, 0) is 62.1 Å². The van der Waals surface area contributed by atoms with Gasteiger partial charge >= 0.3 is 0 Å². The smallest absolute Gasteiger partial charge is 0.298 e. The van der Waals surface area contributed by atoms with Crippen molar-refractivity contribution in [3.05, 3.63) is 66.4 Å². The Bertz CT molecular complexity index is 1170. The van der Waals surface area contributed by atoms with Crippen LogP contribution in [0, 0.1) is 11.8 Å². The van der Waals surface area contributed by atoms with Crippen molar-refractivity contribution in [1.82, 2.24) is 14.7 Å². The normalized spacial score (nSPS) is 15.2. The fourth-order valence-corrected chi connectivity index (χ4v) is 3.90. The van der Waals surface area contributed by atoms with E-state index in [-0.39, 0.29) is 11.9 Å². The zero-order chi connectivity index (χ0) is 22.5. The molecule has 0 radical (unpaired) electrons. The third kappa shape index (κ3) is 4.65. The van der Waals surface area contributed by atoms with Crippen molar-refractivity contribution in [2.24, 2.45) is 5.73 Å². The van der Waals surface area contributed by atoms with Crippen molar-refractivity contribution in [2.75, 3.05) is 6.54 Å². The molecule has 2 heterocycles. The molecule has 0 aliphatic carbocycles. The highest BCUT2D eigenvalue weighted by atomic mass is 16.5. The van der Waals surface area contributed by atoms with Crippen molar-refractivity contribution in [3.63, 3.8) is 0 Å². The minimum Gasteiger partial charge on any atom is -0.457 e. The molecule has 0 bridgehead atoms. The van der Waals surface area contributed by atoms with Gasteiger partial charge in [0, 0.05) is 18.3 Å². The molecule has 1 unspecified atom stereocenters. The van der Waals surface area contributed by atoms with Crippen LogP contribution in [-0.4, -0.2) is 39.1 Å². The quantitative estimate of drug-likeness (QED) is 0.609. The summed E-state index contributed by atoms with van der Waals surface area (Å²) in [5.74, 6) is 5.97. The third-order valence-corrected chi connectivity index (χ3v) is 5.40. The molecule has 162 valence electrons. The predicted molar refractivity (Wildman–Crippen MR) is 121 cm³/mol. The van der Waals surface area contributed by atoms with Crippen LogP contribution in [0.3, 0.4) is 0 Å². The molecular formula is C25H24N4O3. The fraction of sp³-hybridized carbons (Fsp3) is 0.240. The van der Waals surface area contributed by atoms with Gasteiger partial charge in [-0.2, -0.15) is 5.10 Å². The number of primary amides is 1. The van der Waals surface area contributed by atoms with Crippen LogP contribution in [0.1, 0.15) is 30.1 Å². The fourth-order valence-electron chi connectivity index (χ4n) is 3.90. The summed E-state index contributed by atoms with van der Waals surface area (Å²) >= 11 is 0. The van der Waals surface area contributed by atoms with E-state index in [1.807, 2.05) is 54.6 Å². The highest BCUT2D eigenvalue weighted by Crippen LogP contribution is 2.28. The van der Waals surface area contributed by atoms with E-state index in [1.165, 1.54) is 0 Å². The highest BCUT2D eigenvalue weighted by molar-refractivity contribution is 5.98. The zero-order valence-corrected chi connectivity index (χ0v) is 17.8. The van der Waals surface area contributed by atoms with Crippen LogP contribution in [0.4, 0.5) is 0 Å². The molecule has 3 aromatic rings. The number of para-hydroxylation sites is 1. The van der Waals surface area contributed by atoms with E-state index in [1.54, 1.807) is 22.7 Å². The first-order valence-electron chi connectivity index (χ1n) is 10.5. The number of nitrogens with zero attached hydrogens (tertiary/aromatic N) is 3. The molecule has 0 saturated carbocycles. The van der Waals surface area contributed by atoms with Gasteiger partial charge in [-0.3, -0.25) is 14.3 Å². The predicted octanol–water partition coefficient (Wildman–Crippen LogP) is 3.46. The van der Waals surface area contributed by atoms with Crippen molar-refractivity contribution < 1.29 is 14.3 Å². The summed E-state index contributed by atoms with van der Waals surface area (Å²) in [6, 6.07) is 16.8. The third-order valence-electron chi connectivity index (χ3n) is 5.40. The maximum atomic E-state index is 12.2. The Morgan fingerprint density at radius 2 is 1.84 bits per heavy atom. The van der Waals surface area contributed by atoms with Crippen molar-refractivity contribution in [3.8, 4) is 34.6 Å². The van der Waals surface area contributed by atoms with Crippen molar-refractivity contribution in [2.45, 2.75) is 32.4 Å². The largest absolute Gasteiger partial charge is 0.457 e. The van der Waals surface area contributed by atoms with Gasteiger partial charge in [0.25, 0.3) is 11.8 Å². The molecule has 1 aromatic heterocycles. The average Bonchev–Trinajstić information content (AvgIpc) is 3.43. The number of hydrogen-bond acceptors (Lipinski definition) is 4. The Hall–Kier alpha value is -4.05. The van der Waals surface area contributed by atoms with Crippen LogP contribution < -0.4 is 10.5 Å². The molecule has 7 nitrogen and oxygen atoms in total. The molecule has 1 saturated heterocycles. The van der Waals surface area contributed by atoms with Gasteiger partial charge in [-0.15, -0.1) is 0 Å². The van der Waals surface area contributed by atoms with E-state index in [9.17, 15) is 9.59 Å². The first kappa shape index (κ1) is 21.2. The standard InChI is InChI=1S/C25H24N4O3/c1-2-7-23(30)29-15-6-8-19(29)16-28-17-22(25(26)31)24(27-28)18-11-13-21(14-12-18)32-20-9-4-3-5-10-20/h3-5,9-14,17,19H,6,8,15-16H2,1H3,(H2,26,31). The molecule has 7 heteroatoms. The number of aromatic nitrogens is 2. The van der Waals surface area contributed by atoms with Crippen LogP contribution in [0.5, 0.6) is 11.5 Å². The van der Waals surface area contributed by atoms with Gasteiger partial charge in [0.15, 0.2) is 0 Å². The molecule has 2 amide bonds. The molecule has 1 aliphatic rings. The summed E-state index contributed by atoms with van der Waals surface area (Å²) in [4.78, 5) is 26.1. The first-order valence-corrected chi connectivity index (χ1v) is 10.5. The Morgan fingerprint density at radius 3 is 2.53 bits per heavy atom. The van der Waals surface area contributed by atoms with Crippen LogP contribution in [-0.2, 0) is 11.3 Å². The number of hydrogen-bond donors (Lipinski definition) is 1. The van der Waals surface area contributed by atoms with Gasteiger partial charge in [0.1, 0.15) is 17.2 Å². The van der Waals surface area contributed by atoms with E-state index in [0.717, 1.165) is 24.2 Å². The van der Waals surface area contributed by atoms with Crippen LogP contribution in [0.15, 0.2) is 60.8 Å². The SMILES string of the molecule is CC#CC(=O)N1CCCC1Cn1cc(C(N)=O)c(-c2ccc(Oc3ccccc3)cc2)n1. The van der Waals surface area contributed by atoms with Gasteiger partial charge in [0.05, 0.1) is 18.2 Å². The molecule has 2 aromatic carbocycles. The lowest BCUT2D eigenvalue weighted by Crippen LogP contribution is -2.37. The maximum Gasteiger partial charge on any atom is 0.298 e. The number of ether oxygens (including phenoxy) is 1. The number of likely N-dealkylation sites (tertiary alicyclic amines) is 1. The monoisotopic (exact) mass is 428 g/mol. The first-order chi connectivity index (χ1) is 15.5. The summed E-state index contributed by atoms with van der Waals surface area (Å²) in [5.41, 5.74) is 7.23. The van der Waals surface area contributed by atoms with Gasteiger partial charge in [-0.25, -0.2) is 0 Å². The maximum absolute atomic E-state index is 12.2. The summed E-state index contributed by atoms with van der Waals surface area (Å²) in [6.07, 6.45) is 3.43. The summed E-state index contributed by atoms with van der Waals surface area (Å²) in [5, 5.41) is 4.62. The second-order valence-corrected chi connectivity index (χ2v) is 7.59. The number of carbonyl (C=O) groups is 2. The Balaban J connectivity index is 1.55. The molecule has 4 rings (SSSR count). The average molecular weight is 428 g/mol. The highest BCUT2D eigenvalue weighted by Gasteiger charge is 2.29. The van der Waals surface area contributed by atoms with Crippen molar-refractivity contribution >= 4 is 11.8 Å². The summed E-state index contributed by atoms with van der Waals surface area (Å²) < 4.78 is 7.52. The van der Waals surface area contributed by atoms with Gasteiger partial charge in [0.2, 0.25) is 0 Å². The van der Waals surface area contributed by atoms with E-state index in [4.69, 9.17) is 10.5 Å². The molecule has 1 atom stereocenters. The van der Waals surface area contributed by atoms with Crippen LogP contribution >= 0.6 is 0 Å². The minimum absolute atomic E-state index is 0.0153. The molecule has 1 fully saturated rings. The Kier molecular flexibility index (Phi) is 6.22. The second kappa shape index (κ2) is 9.40. The molecule has 1 aliphatic heterocycles. The molecule has 0 spiro atoms. The molecular weight excluding hydrogens is 404 g/mol.